The Labute approximate surface area is 205 Å². The third-order valence-corrected chi connectivity index (χ3v) is 7.27. The van der Waals surface area contributed by atoms with E-state index in [4.69, 9.17) is 4.74 Å². The standard InChI is InChI=1S/C25H34N4O6/c1-17-10-11-25(16-28(23(25)33)14-20(31)27-12-6-7-13-27)29(17)22(32)21(18(2)30)26-24(34)35-15-19-8-4-3-5-9-19/h3-5,8-9,17-18,21,30H,6-7,10-16H2,1-2H3,(H,26,34)/t17?,18-,21+,25?/m1/s1. The SMILES string of the molecule is CC1CCC2(CN(CC(=O)N3CCCC3)C2=O)N1C(=O)[C@@H](NC(=O)OCc1ccccc1)[C@@H](C)O. The zero-order valence-electron chi connectivity index (χ0n) is 20.3. The highest BCUT2D eigenvalue weighted by Gasteiger charge is 2.62. The normalized spacial score (nSPS) is 25.4. The molecule has 3 fully saturated rings. The lowest BCUT2D eigenvalue weighted by Gasteiger charge is -2.52. The molecule has 0 bridgehead atoms. The molecule has 0 radical (unpaired) electrons. The van der Waals surface area contributed by atoms with Crippen molar-refractivity contribution >= 4 is 23.8 Å². The summed E-state index contributed by atoms with van der Waals surface area (Å²) in [4.78, 5) is 56.5. The molecule has 4 rings (SSSR count). The summed E-state index contributed by atoms with van der Waals surface area (Å²) in [6, 6.07) is 7.61. The smallest absolute Gasteiger partial charge is 0.408 e. The molecule has 190 valence electrons. The summed E-state index contributed by atoms with van der Waals surface area (Å²) in [7, 11) is 0. The zero-order valence-corrected chi connectivity index (χ0v) is 20.3. The third-order valence-electron chi connectivity index (χ3n) is 7.27. The van der Waals surface area contributed by atoms with Crippen molar-refractivity contribution in [3.8, 4) is 0 Å². The quantitative estimate of drug-likeness (QED) is 0.552. The van der Waals surface area contributed by atoms with E-state index in [0.29, 0.717) is 12.8 Å². The van der Waals surface area contributed by atoms with E-state index >= 15 is 0 Å². The minimum atomic E-state index is -1.26. The van der Waals surface area contributed by atoms with Gasteiger partial charge in [0.15, 0.2) is 0 Å². The monoisotopic (exact) mass is 486 g/mol. The highest BCUT2D eigenvalue weighted by atomic mass is 16.5. The average Bonchev–Trinajstić information content (AvgIpc) is 3.50. The van der Waals surface area contributed by atoms with Crippen LogP contribution in [0.2, 0.25) is 0 Å². The van der Waals surface area contributed by atoms with Crippen LogP contribution in [-0.2, 0) is 25.7 Å². The molecule has 3 aliphatic rings. The lowest BCUT2D eigenvalue weighted by molar-refractivity contribution is -0.172. The van der Waals surface area contributed by atoms with Crippen LogP contribution in [0.25, 0.3) is 0 Å². The van der Waals surface area contributed by atoms with Crippen molar-refractivity contribution < 1.29 is 29.0 Å². The van der Waals surface area contributed by atoms with Gasteiger partial charge in [-0.05, 0) is 45.1 Å². The highest BCUT2D eigenvalue weighted by molar-refractivity contribution is 6.00. The van der Waals surface area contributed by atoms with Gasteiger partial charge in [-0.2, -0.15) is 0 Å². The Kier molecular flexibility index (Phi) is 7.30. The topological polar surface area (TPSA) is 119 Å². The summed E-state index contributed by atoms with van der Waals surface area (Å²) >= 11 is 0. The number of β-lactam (4-membered cyclic amide) rings is 1. The molecule has 3 heterocycles. The molecule has 3 saturated heterocycles. The van der Waals surface area contributed by atoms with Crippen LogP contribution < -0.4 is 5.32 Å². The fourth-order valence-corrected chi connectivity index (χ4v) is 5.36. The number of aliphatic hydroxyl groups is 1. The molecule has 10 nitrogen and oxygen atoms in total. The van der Waals surface area contributed by atoms with Gasteiger partial charge in [-0.3, -0.25) is 14.4 Å². The van der Waals surface area contributed by atoms with Crippen LogP contribution in [0.1, 0.15) is 45.1 Å². The van der Waals surface area contributed by atoms with Crippen LogP contribution >= 0.6 is 0 Å². The predicted molar refractivity (Wildman–Crippen MR) is 126 cm³/mol. The van der Waals surface area contributed by atoms with Gasteiger partial charge in [0, 0.05) is 19.1 Å². The molecule has 1 aromatic carbocycles. The lowest BCUT2D eigenvalue weighted by Crippen LogP contribution is -2.75. The Balaban J connectivity index is 1.40. The summed E-state index contributed by atoms with van der Waals surface area (Å²) in [6.07, 6.45) is 1.04. The van der Waals surface area contributed by atoms with E-state index in [1.165, 1.54) is 16.7 Å². The molecule has 1 spiro atoms. The number of ether oxygens (including phenoxy) is 1. The van der Waals surface area contributed by atoms with Gasteiger partial charge in [0.1, 0.15) is 18.2 Å². The Morgan fingerprint density at radius 1 is 1.20 bits per heavy atom. The van der Waals surface area contributed by atoms with Gasteiger partial charge in [0.2, 0.25) is 11.8 Å². The van der Waals surface area contributed by atoms with Crippen LogP contribution in [-0.4, -0.2) is 93.5 Å². The summed E-state index contributed by atoms with van der Waals surface area (Å²) in [6.45, 7) is 5.01. The van der Waals surface area contributed by atoms with E-state index in [0.717, 1.165) is 31.5 Å². The third kappa shape index (κ3) is 4.98. The van der Waals surface area contributed by atoms with E-state index in [2.05, 4.69) is 5.32 Å². The first-order valence-electron chi connectivity index (χ1n) is 12.3. The number of nitrogens with zero attached hydrogens (tertiary/aromatic N) is 3. The fraction of sp³-hybridized carbons (Fsp3) is 0.600. The lowest BCUT2D eigenvalue weighted by atomic mass is 9.85. The number of likely N-dealkylation sites (tertiary alicyclic amines) is 3. The molecule has 4 amide bonds. The fourth-order valence-electron chi connectivity index (χ4n) is 5.36. The number of rotatable bonds is 7. The second kappa shape index (κ2) is 10.2. The van der Waals surface area contributed by atoms with Gasteiger partial charge < -0.3 is 29.9 Å². The summed E-state index contributed by atoms with van der Waals surface area (Å²) in [5.74, 6) is -0.849. The van der Waals surface area contributed by atoms with Gasteiger partial charge in [-0.1, -0.05) is 30.3 Å². The number of amides is 4. The van der Waals surface area contributed by atoms with Crippen LogP contribution in [0, 0.1) is 0 Å². The van der Waals surface area contributed by atoms with E-state index in [-0.39, 0.29) is 37.6 Å². The Morgan fingerprint density at radius 3 is 2.51 bits per heavy atom. The van der Waals surface area contributed by atoms with Crippen molar-refractivity contribution in [2.45, 2.75) is 69.9 Å². The minimum absolute atomic E-state index is 0.0148. The van der Waals surface area contributed by atoms with Crippen molar-refractivity contribution in [2.75, 3.05) is 26.2 Å². The maximum absolute atomic E-state index is 13.5. The number of alkyl carbamates (subject to hydrolysis) is 1. The van der Waals surface area contributed by atoms with Crippen molar-refractivity contribution in [1.82, 2.24) is 20.0 Å². The number of benzene rings is 1. The number of nitrogens with one attached hydrogen (secondary N) is 1. The molecular weight excluding hydrogens is 452 g/mol. The first-order valence-corrected chi connectivity index (χ1v) is 12.3. The summed E-state index contributed by atoms with van der Waals surface area (Å²) in [5, 5.41) is 12.8. The molecule has 1 aromatic rings. The molecule has 10 heteroatoms. The number of carbonyl (C=O) groups is 4. The Hall–Kier alpha value is -3.14. The van der Waals surface area contributed by atoms with Crippen molar-refractivity contribution in [2.24, 2.45) is 0 Å². The van der Waals surface area contributed by atoms with E-state index in [1.807, 2.05) is 37.3 Å². The number of hydrogen-bond acceptors (Lipinski definition) is 6. The number of hydrogen-bond donors (Lipinski definition) is 2. The van der Waals surface area contributed by atoms with E-state index in [9.17, 15) is 24.3 Å². The van der Waals surface area contributed by atoms with Gasteiger partial charge in [0.25, 0.3) is 5.91 Å². The second-order valence-electron chi connectivity index (χ2n) is 9.80. The largest absolute Gasteiger partial charge is 0.445 e. The molecular formula is C25H34N4O6. The molecule has 35 heavy (non-hydrogen) atoms. The first-order chi connectivity index (χ1) is 16.7. The predicted octanol–water partition coefficient (Wildman–Crippen LogP) is 0.877. The molecule has 2 N–H and O–H groups in total. The van der Waals surface area contributed by atoms with Gasteiger partial charge in [0.05, 0.1) is 19.2 Å². The Morgan fingerprint density at radius 2 is 1.89 bits per heavy atom. The number of aliphatic hydroxyl groups excluding tert-OH is 1. The highest BCUT2D eigenvalue weighted by Crippen LogP contribution is 2.42. The molecule has 0 saturated carbocycles. The maximum Gasteiger partial charge on any atom is 0.408 e. The van der Waals surface area contributed by atoms with Crippen molar-refractivity contribution in [3.05, 3.63) is 35.9 Å². The van der Waals surface area contributed by atoms with Gasteiger partial charge >= 0.3 is 6.09 Å². The second-order valence-corrected chi connectivity index (χ2v) is 9.80. The summed E-state index contributed by atoms with van der Waals surface area (Å²) in [5.41, 5.74) is -0.247. The molecule has 4 atom stereocenters. The molecule has 3 aliphatic heterocycles. The van der Waals surface area contributed by atoms with E-state index < -0.39 is 29.7 Å². The first kappa shape index (κ1) is 25.0. The van der Waals surface area contributed by atoms with Gasteiger partial charge in [-0.25, -0.2) is 4.79 Å². The van der Waals surface area contributed by atoms with Crippen LogP contribution in [0.4, 0.5) is 4.79 Å². The molecule has 2 unspecified atom stereocenters. The molecule has 0 aliphatic carbocycles. The van der Waals surface area contributed by atoms with Crippen LogP contribution in [0.5, 0.6) is 0 Å². The van der Waals surface area contributed by atoms with E-state index in [1.54, 1.807) is 4.90 Å². The van der Waals surface area contributed by atoms with Crippen LogP contribution in [0.3, 0.4) is 0 Å². The maximum atomic E-state index is 13.5. The van der Waals surface area contributed by atoms with Crippen molar-refractivity contribution in [1.29, 1.82) is 0 Å². The average molecular weight is 487 g/mol. The summed E-state index contributed by atoms with van der Waals surface area (Å²) < 4.78 is 5.22. The zero-order chi connectivity index (χ0) is 25.2. The van der Waals surface area contributed by atoms with Gasteiger partial charge in [-0.15, -0.1) is 0 Å². The number of carbonyl (C=O) groups excluding carboxylic acids is 4. The minimum Gasteiger partial charge on any atom is -0.445 e. The van der Waals surface area contributed by atoms with Crippen molar-refractivity contribution in [3.63, 3.8) is 0 Å². The Bertz CT molecular complexity index is 964. The molecule has 0 aromatic heterocycles. The van der Waals surface area contributed by atoms with Crippen LogP contribution in [0.15, 0.2) is 30.3 Å².